The fourth-order valence-electron chi connectivity index (χ4n) is 1.56. The minimum absolute atomic E-state index is 0.00306. The van der Waals surface area contributed by atoms with Crippen molar-refractivity contribution in [3.63, 3.8) is 0 Å². The zero-order valence-electron chi connectivity index (χ0n) is 10.2. The summed E-state index contributed by atoms with van der Waals surface area (Å²) < 4.78 is 1.69. The maximum atomic E-state index is 11.7. The van der Waals surface area contributed by atoms with Gasteiger partial charge >= 0.3 is 0 Å². The molecule has 90 valence electrons. The van der Waals surface area contributed by atoms with Gasteiger partial charge in [-0.1, -0.05) is 13.3 Å². The van der Waals surface area contributed by atoms with Crippen LogP contribution in [0.15, 0.2) is 16.9 Å². The molecule has 4 heteroatoms. The van der Waals surface area contributed by atoms with Crippen molar-refractivity contribution in [2.45, 2.75) is 32.8 Å². The van der Waals surface area contributed by atoms with E-state index in [1.807, 2.05) is 6.07 Å². The van der Waals surface area contributed by atoms with Crippen LogP contribution >= 0.6 is 0 Å². The summed E-state index contributed by atoms with van der Waals surface area (Å²) in [5.41, 5.74) is 1.91. The number of unbranched alkanes of at least 4 members (excludes halogenated alkanes) is 1. The Hall–Kier alpha value is -1.13. The van der Waals surface area contributed by atoms with E-state index >= 15 is 0 Å². The van der Waals surface area contributed by atoms with E-state index in [1.165, 1.54) is 7.11 Å². The summed E-state index contributed by atoms with van der Waals surface area (Å²) in [7, 11) is 3.26. The lowest BCUT2D eigenvalue weighted by Crippen LogP contribution is -2.20. The minimum Gasteiger partial charge on any atom is -0.316 e. The highest BCUT2D eigenvalue weighted by Crippen LogP contribution is 2.07. The molecule has 0 N–H and O–H groups in total. The standard InChI is InChI=1S/C12H19NO3/c1-4-5-6-11-7-10(9-16-15-3)8-12(14)13(11)2/h7-8H,4-6,9H2,1-3H3. The third-order valence-electron chi connectivity index (χ3n) is 2.55. The van der Waals surface area contributed by atoms with Crippen LogP contribution in [0, 0.1) is 0 Å². The van der Waals surface area contributed by atoms with E-state index in [-0.39, 0.29) is 5.56 Å². The monoisotopic (exact) mass is 225 g/mol. The lowest BCUT2D eigenvalue weighted by atomic mass is 10.1. The summed E-state index contributed by atoms with van der Waals surface area (Å²) in [6.45, 7) is 2.45. The third-order valence-corrected chi connectivity index (χ3v) is 2.55. The van der Waals surface area contributed by atoms with Crippen molar-refractivity contribution < 1.29 is 9.78 Å². The second kappa shape index (κ2) is 6.45. The average Bonchev–Trinajstić information content (AvgIpc) is 2.28. The molecule has 0 aliphatic carbocycles. The van der Waals surface area contributed by atoms with Crippen LogP contribution in [-0.4, -0.2) is 11.7 Å². The van der Waals surface area contributed by atoms with Gasteiger partial charge in [-0.05, 0) is 24.5 Å². The smallest absolute Gasteiger partial charge is 0.250 e. The van der Waals surface area contributed by atoms with Gasteiger partial charge in [-0.2, -0.15) is 0 Å². The molecule has 0 unspecified atom stereocenters. The lowest BCUT2D eigenvalue weighted by molar-refractivity contribution is -0.282. The number of hydrogen-bond acceptors (Lipinski definition) is 3. The summed E-state index contributed by atoms with van der Waals surface area (Å²) >= 11 is 0. The van der Waals surface area contributed by atoms with Crippen LogP contribution in [0.5, 0.6) is 0 Å². The molecule has 0 radical (unpaired) electrons. The minimum atomic E-state index is 0.00306. The normalized spacial score (nSPS) is 10.7. The van der Waals surface area contributed by atoms with Crippen molar-refractivity contribution in [1.82, 2.24) is 4.57 Å². The van der Waals surface area contributed by atoms with Crippen LogP contribution in [0.2, 0.25) is 0 Å². The zero-order chi connectivity index (χ0) is 12.0. The number of nitrogens with zero attached hydrogens (tertiary/aromatic N) is 1. The summed E-state index contributed by atoms with van der Waals surface area (Å²) in [4.78, 5) is 21.0. The Kier molecular flexibility index (Phi) is 5.22. The molecule has 1 rings (SSSR count). The van der Waals surface area contributed by atoms with Crippen molar-refractivity contribution in [3.05, 3.63) is 33.7 Å². The number of hydrogen-bond donors (Lipinski definition) is 0. The molecule has 1 aromatic rings. The zero-order valence-corrected chi connectivity index (χ0v) is 10.2. The van der Waals surface area contributed by atoms with Crippen LogP contribution in [0.4, 0.5) is 0 Å². The number of pyridine rings is 1. The predicted octanol–water partition coefficient (Wildman–Crippen LogP) is 1.81. The molecule has 0 atom stereocenters. The van der Waals surface area contributed by atoms with Gasteiger partial charge in [0.1, 0.15) is 6.61 Å². The Balaban J connectivity index is 2.88. The Morgan fingerprint density at radius 2 is 2.12 bits per heavy atom. The molecule has 0 aliphatic rings. The first kappa shape index (κ1) is 12.9. The first-order chi connectivity index (χ1) is 7.69. The predicted molar refractivity (Wildman–Crippen MR) is 62.1 cm³/mol. The van der Waals surface area contributed by atoms with Crippen molar-refractivity contribution in [3.8, 4) is 0 Å². The van der Waals surface area contributed by atoms with E-state index in [9.17, 15) is 4.79 Å². The molecule has 1 heterocycles. The highest BCUT2D eigenvalue weighted by Gasteiger charge is 2.03. The summed E-state index contributed by atoms with van der Waals surface area (Å²) in [5, 5.41) is 0. The van der Waals surface area contributed by atoms with E-state index in [2.05, 4.69) is 11.8 Å². The van der Waals surface area contributed by atoms with E-state index in [0.717, 1.165) is 30.5 Å². The van der Waals surface area contributed by atoms with Gasteiger partial charge in [0.2, 0.25) is 0 Å². The molecule has 16 heavy (non-hydrogen) atoms. The van der Waals surface area contributed by atoms with Crippen molar-refractivity contribution in [2.24, 2.45) is 7.05 Å². The third kappa shape index (κ3) is 3.47. The van der Waals surface area contributed by atoms with Gasteiger partial charge in [-0.15, -0.1) is 0 Å². The van der Waals surface area contributed by atoms with Crippen LogP contribution in [0.1, 0.15) is 31.0 Å². The SMILES string of the molecule is CCCCc1cc(COOC)cc(=O)n1C. The fraction of sp³-hybridized carbons (Fsp3) is 0.583. The topological polar surface area (TPSA) is 40.5 Å². The quantitative estimate of drug-likeness (QED) is 0.547. The van der Waals surface area contributed by atoms with Crippen LogP contribution in [-0.2, 0) is 29.9 Å². The molecule has 0 fully saturated rings. The molecule has 0 aliphatic heterocycles. The molecule has 1 aromatic heterocycles. The second-order valence-electron chi connectivity index (χ2n) is 3.78. The first-order valence-electron chi connectivity index (χ1n) is 5.53. The molecule has 0 bridgehead atoms. The van der Waals surface area contributed by atoms with E-state index < -0.39 is 0 Å². The Bertz CT molecular complexity index is 384. The molecule has 0 saturated heterocycles. The van der Waals surface area contributed by atoms with Gasteiger partial charge in [-0.3, -0.25) is 4.79 Å². The number of aryl methyl sites for hydroxylation is 1. The van der Waals surface area contributed by atoms with Crippen molar-refractivity contribution in [2.75, 3.05) is 7.11 Å². The first-order valence-corrected chi connectivity index (χ1v) is 5.53. The van der Waals surface area contributed by atoms with Crippen molar-refractivity contribution >= 4 is 0 Å². The van der Waals surface area contributed by atoms with Gasteiger partial charge in [-0.25, -0.2) is 9.78 Å². The van der Waals surface area contributed by atoms with Gasteiger partial charge in [0.15, 0.2) is 0 Å². The Labute approximate surface area is 95.7 Å². The highest BCUT2D eigenvalue weighted by atomic mass is 17.2. The molecule has 0 aromatic carbocycles. The van der Waals surface area contributed by atoms with E-state index in [0.29, 0.717) is 6.61 Å². The van der Waals surface area contributed by atoms with Gasteiger partial charge in [0.05, 0.1) is 7.11 Å². The van der Waals surface area contributed by atoms with E-state index in [4.69, 9.17) is 4.89 Å². The second-order valence-corrected chi connectivity index (χ2v) is 3.78. The summed E-state index contributed by atoms with van der Waals surface area (Å²) in [6.07, 6.45) is 3.12. The van der Waals surface area contributed by atoms with Gasteiger partial charge < -0.3 is 4.57 Å². The molecular weight excluding hydrogens is 206 g/mol. The van der Waals surface area contributed by atoms with E-state index in [1.54, 1.807) is 17.7 Å². The van der Waals surface area contributed by atoms with Crippen LogP contribution < -0.4 is 5.56 Å². The largest absolute Gasteiger partial charge is 0.316 e. The maximum Gasteiger partial charge on any atom is 0.250 e. The summed E-state index contributed by atoms with van der Waals surface area (Å²) in [6, 6.07) is 3.57. The molecule has 4 nitrogen and oxygen atoms in total. The number of rotatable bonds is 6. The molecule has 0 saturated carbocycles. The number of aromatic nitrogens is 1. The highest BCUT2D eigenvalue weighted by molar-refractivity contribution is 5.17. The lowest BCUT2D eigenvalue weighted by Gasteiger charge is -2.09. The maximum absolute atomic E-state index is 11.7. The van der Waals surface area contributed by atoms with Gasteiger partial charge in [0.25, 0.3) is 5.56 Å². The molecule has 0 amide bonds. The van der Waals surface area contributed by atoms with Crippen LogP contribution in [0.3, 0.4) is 0 Å². The molecule has 0 spiro atoms. The molecular formula is C12H19NO3. The fourth-order valence-corrected chi connectivity index (χ4v) is 1.56. The Morgan fingerprint density at radius 3 is 2.75 bits per heavy atom. The van der Waals surface area contributed by atoms with Crippen molar-refractivity contribution in [1.29, 1.82) is 0 Å². The van der Waals surface area contributed by atoms with Gasteiger partial charge in [0, 0.05) is 18.8 Å². The Morgan fingerprint density at radius 1 is 1.38 bits per heavy atom. The van der Waals surface area contributed by atoms with Crippen LogP contribution in [0.25, 0.3) is 0 Å². The summed E-state index contributed by atoms with van der Waals surface area (Å²) in [5.74, 6) is 0. The average molecular weight is 225 g/mol.